The van der Waals surface area contributed by atoms with Gasteiger partial charge in [-0.15, -0.1) is 0 Å². The average Bonchev–Trinajstić information content (AvgIpc) is 2.94. The predicted octanol–water partition coefficient (Wildman–Crippen LogP) is 2.64. The van der Waals surface area contributed by atoms with Crippen LogP contribution < -0.4 is 10.1 Å². The molecule has 0 aromatic heterocycles. The standard InChI is InChI=1S/C20H17FN2O4S/c1-26-18(24)11-23-19(25)16(22-20(23)28)10-14-6-2-3-8-17(14)27-12-13-5-4-7-15(21)9-13/h2-10H,11-12H2,1H3,(H,22,28)/b16-10-. The van der Waals surface area contributed by atoms with Gasteiger partial charge in [-0.25, -0.2) is 4.39 Å². The van der Waals surface area contributed by atoms with Crippen LogP contribution in [0, 0.1) is 5.82 Å². The monoisotopic (exact) mass is 400 g/mol. The first-order valence-electron chi connectivity index (χ1n) is 8.35. The van der Waals surface area contributed by atoms with Gasteiger partial charge in [-0.3, -0.25) is 14.5 Å². The van der Waals surface area contributed by atoms with Gasteiger partial charge < -0.3 is 14.8 Å². The van der Waals surface area contributed by atoms with Gasteiger partial charge in [-0.05, 0) is 42.1 Å². The number of benzene rings is 2. The van der Waals surface area contributed by atoms with Crippen LogP contribution in [-0.4, -0.2) is 35.5 Å². The fourth-order valence-electron chi connectivity index (χ4n) is 2.58. The summed E-state index contributed by atoms with van der Waals surface area (Å²) in [6.07, 6.45) is 1.59. The molecule has 1 aliphatic rings. The second-order valence-electron chi connectivity index (χ2n) is 5.91. The van der Waals surface area contributed by atoms with Crippen molar-refractivity contribution in [3.8, 4) is 5.75 Å². The molecular weight excluding hydrogens is 383 g/mol. The van der Waals surface area contributed by atoms with Crippen LogP contribution in [0.4, 0.5) is 4.39 Å². The summed E-state index contributed by atoms with van der Waals surface area (Å²) in [5.41, 5.74) is 1.54. The molecule has 1 saturated heterocycles. The minimum Gasteiger partial charge on any atom is -0.488 e. The first-order valence-corrected chi connectivity index (χ1v) is 8.76. The van der Waals surface area contributed by atoms with E-state index in [0.717, 1.165) is 4.90 Å². The summed E-state index contributed by atoms with van der Waals surface area (Å²) in [7, 11) is 1.24. The highest BCUT2D eigenvalue weighted by molar-refractivity contribution is 7.80. The lowest BCUT2D eigenvalue weighted by molar-refractivity contribution is -0.143. The van der Waals surface area contributed by atoms with E-state index in [2.05, 4.69) is 10.1 Å². The van der Waals surface area contributed by atoms with Gasteiger partial charge in [0.25, 0.3) is 5.91 Å². The third-order valence-electron chi connectivity index (χ3n) is 3.98. The number of methoxy groups -OCH3 is 1. The maximum absolute atomic E-state index is 13.3. The van der Waals surface area contributed by atoms with Crippen molar-refractivity contribution >= 4 is 35.3 Å². The molecule has 2 aromatic carbocycles. The minimum atomic E-state index is -0.572. The largest absolute Gasteiger partial charge is 0.488 e. The molecule has 0 saturated carbocycles. The number of hydrogen-bond acceptors (Lipinski definition) is 5. The number of thiocarbonyl (C=S) groups is 1. The zero-order valence-corrected chi connectivity index (χ0v) is 15.8. The maximum atomic E-state index is 13.3. The van der Waals surface area contributed by atoms with Crippen molar-refractivity contribution in [1.29, 1.82) is 0 Å². The van der Waals surface area contributed by atoms with E-state index < -0.39 is 11.9 Å². The average molecular weight is 400 g/mol. The molecule has 0 aliphatic carbocycles. The number of carbonyl (C=O) groups is 2. The van der Waals surface area contributed by atoms with Gasteiger partial charge in [0.1, 0.15) is 30.4 Å². The Morgan fingerprint density at radius 2 is 2.04 bits per heavy atom. The van der Waals surface area contributed by atoms with Crippen LogP contribution in [0.5, 0.6) is 5.75 Å². The van der Waals surface area contributed by atoms with Crippen LogP contribution in [0.15, 0.2) is 54.2 Å². The quantitative estimate of drug-likeness (QED) is 0.457. The van der Waals surface area contributed by atoms with Gasteiger partial charge >= 0.3 is 5.97 Å². The van der Waals surface area contributed by atoms with Crippen molar-refractivity contribution in [1.82, 2.24) is 10.2 Å². The van der Waals surface area contributed by atoms with E-state index in [1.54, 1.807) is 42.5 Å². The Kier molecular flexibility index (Phi) is 6.00. The molecule has 6 nitrogen and oxygen atoms in total. The minimum absolute atomic E-state index is 0.125. The molecule has 1 fully saturated rings. The molecule has 0 radical (unpaired) electrons. The number of amides is 1. The van der Waals surface area contributed by atoms with Gasteiger partial charge in [0, 0.05) is 5.56 Å². The Hall–Kier alpha value is -3.26. The highest BCUT2D eigenvalue weighted by Crippen LogP contribution is 2.24. The van der Waals surface area contributed by atoms with Gasteiger partial charge in [-0.1, -0.05) is 30.3 Å². The summed E-state index contributed by atoms with van der Waals surface area (Å²) < 4.78 is 23.7. The normalized spacial score (nSPS) is 14.9. The van der Waals surface area contributed by atoms with E-state index in [1.807, 2.05) is 0 Å². The summed E-state index contributed by atoms with van der Waals surface area (Å²) in [5, 5.41) is 2.92. The Bertz CT molecular complexity index is 961. The van der Waals surface area contributed by atoms with Crippen molar-refractivity contribution in [3.05, 3.63) is 71.2 Å². The molecule has 28 heavy (non-hydrogen) atoms. The second kappa shape index (κ2) is 8.62. The number of nitrogens with zero attached hydrogens (tertiary/aromatic N) is 1. The van der Waals surface area contributed by atoms with E-state index in [1.165, 1.54) is 19.2 Å². The zero-order valence-electron chi connectivity index (χ0n) is 15.0. The first-order chi connectivity index (χ1) is 13.5. The lowest BCUT2D eigenvalue weighted by Gasteiger charge is -2.11. The molecule has 0 bridgehead atoms. The summed E-state index contributed by atoms with van der Waals surface area (Å²) in [6.45, 7) is -0.0948. The third-order valence-corrected chi connectivity index (χ3v) is 4.30. The van der Waals surface area contributed by atoms with Crippen LogP contribution in [0.2, 0.25) is 0 Å². The molecule has 1 N–H and O–H groups in total. The Balaban J connectivity index is 1.78. The predicted molar refractivity (Wildman–Crippen MR) is 105 cm³/mol. The van der Waals surface area contributed by atoms with Gasteiger partial charge in [0.2, 0.25) is 0 Å². The number of rotatable bonds is 6. The molecule has 0 atom stereocenters. The van der Waals surface area contributed by atoms with Crippen LogP contribution in [0.1, 0.15) is 11.1 Å². The third kappa shape index (κ3) is 4.52. The van der Waals surface area contributed by atoms with E-state index in [0.29, 0.717) is 16.9 Å². The summed E-state index contributed by atoms with van der Waals surface area (Å²) in [6, 6.07) is 13.2. The molecule has 0 spiro atoms. The van der Waals surface area contributed by atoms with Gasteiger partial charge in [0.05, 0.1) is 7.11 Å². The highest BCUT2D eigenvalue weighted by Gasteiger charge is 2.32. The second-order valence-corrected chi connectivity index (χ2v) is 6.30. The zero-order chi connectivity index (χ0) is 20.1. The topological polar surface area (TPSA) is 67.9 Å². The number of hydrogen-bond donors (Lipinski definition) is 1. The number of para-hydroxylation sites is 1. The van der Waals surface area contributed by atoms with Crippen LogP contribution in [0.25, 0.3) is 6.08 Å². The van der Waals surface area contributed by atoms with Gasteiger partial charge in [-0.2, -0.15) is 0 Å². The van der Waals surface area contributed by atoms with Gasteiger partial charge in [0.15, 0.2) is 5.11 Å². The summed E-state index contributed by atoms with van der Waals surface area (Å²) in [4.78, 5) is 25.1. The molecule has 2 aromatic rings. The highest BCUT2D eigenvalue weighted by atomic mass is 32.1. The molecule has 1 amide bonds. The molecule has 1 heterocycles. The molecule has 8 heteroatoms. The number of ether oxygens (including phenoxy) is 2. The number of nitrogens with one attached hydrogen (secondary N) is 1. The lowest BCUT2D eigenvalue weighted by atomic mass is 10.1. The molecule has 3 rings (SSSR count). The number of esters is 1. The van der Waals surface area contributed by atoms with Crippen LogP contribution in [0.3, 0.4) is 0 Å². The van der Waals surface area contributed by atoms with E-state index in [-0.39, 0.29) is 29.8 Å². The Labute approximate surface area is 166 Å². The van der Waals surface area contributed by atoms with E-state index in [9.17, 15) is 14.0 Å². The SMILES string of the molecule is COC(=O)CN1C(=O)/C(=C/c2ccccc2OCc2cccc(F)c2)NC1=S. The molecule has 1 aliphatic heterocycles. The fourth-order valence-corrected chi connectivity index (χ4v) is 2.84. The Morgan fingerprint density at radius 3 is 2.79 bits per heavy atom. The maximum Gasteiger partial charge on any atom is 0.325 e. The van der Waals surface area contributed by atoms with Crippen molar-refractivity contribution in [2.45, 2.75) is 6.61 Å². The van der Waals surface area contributed by atoms with Crippen molar-refractivity contribution in [3.63, 3.8) is 0 Å². The summed E-state index contributed by atoms with van der Waals surface area (Å²) in [5.74, 6) is -0.824. The van der Waals surface area contributed by atoms with Crippen molar-refractivity contribution in [2.75, 3.05) is 13.7 Å². The summed E-state index contributed by atoms with van der Waals surface area (Å²) >= 11 is 5.12. The van der Waals surface area contributed by atoms with E-state index in [4.69, 9.17) is 17.0 Å². The van der Waals surface area contributed by atoms with Crippen molar-refractivity contribution in [2.24, 2.45) is 0 Å². The first kappa shape index (κ1) is 19.5. The molecular formula is C20H17FN2O4S. The number of halogens is 1. The van der Waals surface area contributed by atoms with Crippen LogP contribution >= 0.6 is 12.2 Å². The Morgan fingerprint density at radius 1 is 1.25 bits per heavy atom. The lowest BCUT2D eigenvalue weighted by Crippen LogP contribution is -2.35. The molecule has 0 unspecified atom stereocenters. The molecule has 144 valence electrons. The fraction of sp³-hybridized carbons (Fsp3) is 0.150. The van der Waals surface area contributed by atoms with Crippen molar-refractivity contribution < 1.29 is 23.5 Å². The van der Waals surface area contributed by atoms with Crippen LogP contribution in [-0.2, 0) is 20.9 Å². The van der Waals surface area contributed by atoms with E-state index >= 15 is 0 Å². The number of carbonyl (C=O) groups excluding carboxylic acids is 2. The smallest absolute Gasteiger partial charge is 0.325 e.